The third kappa shape index (κ3) is 6.00. The Bertz CT molecular complexity index is 418. The van der Waals surface area contributed by atoms with E-state index < -0.39 is 0 Å². The molecule has 3 nitrogen and oxygen atoms in total. The normalized spacial score (nSPS) is 9.58. The average molecular weight is 261 g/mol. The summed E-state index contributed by atoms with van der Waals surface area (Å²) >= 11 is 0. The van der Waals surface area contributed by atoms with E-state index in [0.717, 1.165) is 22.5 Å². The molecule has 3 heteroatoms. The minimum Gasteiger partial charge on any atom is -0.405 e. The summed E-state index contributed by atoms with van der Waals surface area (Å²) < 4.78 is 0. The van der Waals surface area contributed by atoms with Crippen molar-refractivity contribution in [1.29, 1.82) is 0 Å². The topological polar surface area (TPSA) is 51.3 Å². The molecule has 19 heavy (non-hydrogen) atoms. The maximum absolute atomic E-state index is 5.36. The summed E-state index contributed by atoms with van der Waals surface area (Å²) in [6, 6.07) is 0. The van der Waals surface area contributed by atoms with Crippen LogP contribution in [0.4, 0.5) is 5.69 Å². The van der Waals surface area contributed by atoms with E-state index in [0.29, 0.717) is 0 Å². The van der Waals surface area contributed by atoms with Crippen LogP contribution in [0, 0.1) is 6.92 Å². The second-order valence-electron chi connectivity index (χ2n) is 3.02. The zero-order chi connectivity index (χ0) is 15.3. The number of aromatic nitrogens is 1. The van der Waals surface area contributed by atoms with E-state index >= 15 is 0 Å². The van der Waals surface area contributed by atoms with Crippen LogP contribution in [0.1, 0.15) is 51.4 Å². The van der Waals surface area contributed by atoms with Crippen molar-refractivity contribution in [3.8, 4) is 0 Å². The molecule has 0 aromatic carbocycles. The van der Waals surface area contributed by atoms with Gasteiger partial charge in [-0.15, -0.1) is 0 Å². The fraction of sp³-hybridized carbons (Fsp3) is 0.375. The van der Waals surface area contributed by atoms with Gasteiger partial charge in [-0.3, -0.25) is 9.98 Å². The number of hydrogen-bond acceptors (Lipinski definition) is 3. The number of rotatable bonds is 3. The molecule has 0 radical (unpaired) electrons. The van der Waals surface area contributed by atoms with Crippen molar-refractivity contribution >= 4 is 24.1 Å². The molecule has 0 spiro atoms. The lowest BCUT2D eigenvalue weighted by atomic mass is 10.1. The smallest absolute Gasteiger partial charge is 0.0917 e. The lowest BCUT2D eigenvalue weighted by Gasteiger charge is -2.07. The third-order valence-electron chi connectivity index (χ3n) is 2.10. The number of aliphatic imine (C=N–C) groups is 1. The Morgan fingerprint density at radius 2 is 1.84 bits per heavy atom. The van der Waals surface area contributed by atoms with Crippen molar-refractivity contribution in [3.05, 3.63) is 35.8 Å². The fourth-order valence-corrected chi connectivity index (χ4v) is 1.34. The average Bonchev–Trinajstić information content (AvgIpc) is 2.48. The van der Waals surface area contributed by atoms with E-state index in [1.54, 1.807) is 18.5 Å². The summed E-state index contributed by atoms with van der Waals surface area (Å²) in [6.45, 7) is 15.6. The quantitative estimate of drug-likeness (QED) is 0.799. The van der Waals surface area contributed by atoms with Gasteiger partial charge in [0.25, 0.3) is 0 Å². The van der Waals surface area contributed by atoms with Crippen LogP contribution in [0.5, 0.6) is 0 Å². The standard InChI is InChI=1S/C12H15N3.2C2H6/c1-4-11-12(14-5-2)9(3)10(6-7-13)8-15-11;2*1-2/h4-8H,1,13H2,2-3H3;2*1-2H3/b7-6-,14-5?;;. The summed E-state index contributed by atoms with van der Waals surface area (Å²) in [5.74, 6) is 0. The van der Waals surface area contributed by atoms with E-state index in [1.807, 2.05) is 47.6 Å². The number of nitrogens with two attached hydrogens (primary N) is 1. The first-order valence-electron chi connectivity index (χ1n) is 6.73. The Hall–Kier alpha value is -1.90. The first-order chi connectivity index (χ1) is 9.24. The van der Waals surface area contributed by atoms with Crippen LogP contribution < -0.4 is 5.73 Å². The third-order valence-corrected chi connectivity index (χ3v) is 2.10. The maximum Gasteiger partial charge on any atom is 0.0917 e. The predicted molar refractivity (Wildman–Crippen MR) is 88.8 cm³/mol. The molecule has 0 amide bonds. The van der Waals surface area contributed by atoms with E-state index in [9.17, 15) is 0 Å². The summed E-state index contributed by atoms with van der Waals surface area (Å²) in [5.41, 5.74) is 9.03. The van der Waals surface area contributed by atoms with Gasteiger partial charge in [-0.05, 0) is 43.3 Å². The lowest BCUT2D eigenvalue weighted by molar-refractivity contribution is 1.22. The van der Waals surface area contributed by atoms with Crippen LogP contribution in [-0.4, -0.2) is 11.2 Å². The van der Waals surface area contributed by atoms with Gasteiger partial charge >= 0.3 is 0 Å². The minimum absolute atomic E-state index is 0.791. The summed E-state index contributed by atoms with van der Waals surface area (Å²) in [7, 11) is 0. The molecular formula is C16H27N3. The van der Waals surface area contributed by atoms with Gasteiger partial charge in [-0.1, -0.05) is 34.3 Å². The van der Waals surface area contributed by atoms with Gasteiger partial charge < -0.3 is 5.73 Å². The fourth-order valence-electron chi connectivity index (χ4n) is 1.34. The van der Waals surface area contributed by atoms with Gasteiger partial charge in [0.1, 0.15) is 0 Å². The SMILES string of the molecule is C=Cc1ncc(/C=C\N)c(C)c1N=CC.CC.CC. The second-order valence-corrected chi connectivity index (χ2v) is 3.02. The van der Waals surface area contributed by atoms with E-state index in [2.05, 4.69) is 16.6 Å². The van der Waals surface area contributed by atoms with Crippen LogP contribution in [0.2, 0.25) is 0 Å². The largest absolute Gasteiger partial charge is 0.405 e. The van der Waals surface area contributed by atoms with Gasteiger partial charge in [-0.25, -0.2) is 0 Å². The van der Waals surface area contributed by atoms with Gasteiger partial charge in [-0.2, -0.15) is 0 Å². The van der Waals surface area contributed by atoms with Crippen molar-refractivity contribution < 1.29 is 0 Å². The lowest BCUT2D eigenvalue weighted by Crippen LogP contribution is -1.91. The molecule has 0 unspecified atom stereocenters. The van der Waals surface area contributed by atoms with Crippen LogP contribution in [0.3, 0.4) is 0 Å². The highest BCUT2D eigenvalue weighted by atomic mass is 14.8. The van der Waals surface area contributed by atoms with Gasteiger partial charge in [0.05, 0.1) is 11.4 Å². The highest BCUT2D eigenvalue weighted by Gasteiger charge is 2.06. The van der Waals surface area contributed by atoms with Gasteiger partial charge in [0.15, 0.2) is 0 Å². The zero-order valence-corrected chi connectivity index (χ0v) is 13.1. The van der Waals surface area contributed by atoms with E-state index in [1.165, 1.54) is 6.20 Å². The Morgan fingerprint density at radius 1 is 1.26 bits per heavy atom. The van der Waals surface area contributed by atoms with Crippen molar-refractivity contribution in [1.82, 2.24) is 4.98 Å². The highest BCUT2D eigenvalue weighted by Crippen LogP contribution is 2.26. The van der Waals surface area contributed by atoms with Crippen molar-refractivity contribution in [2.24, 2.45) is 10.7 Å². The number of pyridine rings is 1. The molecule has 0 atom stereocenters. The Labute approximate surface area is 118 Å². The molecule has 1 rings (SSSR count). The van der Waals surface area contributed by atoms with Crippen LogP contribution in [0.15, 0.2) is 24.0 Å². The van der Waals surface area contributed by atoms with E-state index in [-0.39, 0.29) is 0 Å². The molecule has 0 aliphatic carbocycles. The molecule has 0 bridgehead atoms. The summed E-state index contributed by atoms with van der Waals surface area (Å²) in [6.07, 6.45) is 8.52. The predicted octanol–water partition coefficient (Wildman–Crippen LogP) is 4.74. The monoisotopic (exact) mass is 261 g/mol. The molecule has 0 saturated heterocycles. The molecule has 0 aliphatic heterocycles. The Balaban J connectivity index is 0. The summed E-state index contributed by atoms with van der Waals surface area (Å²) in [4.78, 5) is 8.54. The molecule has 1 aromatic heterocycles. The van der Waals surface area contributed by atoms with Crippen LogP contribution in [-0.2, 0) is 0 Å². The zero-order valence-electron chi connectivity index (χ0n) is 13.1. The van der Waals surface area contributed by atoms with Crippen molar-refractivity contribution in [2.75, 3.05) is 0 Å². The molecule has 0 saturated carbocycles. The van der Waals surface area contributed by atoms with Crippen LogP contribution >= 0.6 is 0 Å². The minimum atomic E-state index is 0.791. The molecule has 1 heterocycles. The number of nitrogens with zero attached hydrogens (tertiary/aromatic N) is 2. The second kappa shape index (κ2) is 12.6. The molecule has 0 fully saturated rings. The van der Waals surface area contributed by atoms with Crippen molar-refractivity contribution in [2.45, 2.75) is 41.5 Å². The number of hydrogen-bond donors (Lipinski definition) is 1. The first kappa shape index (κ1) is 19.4. The van der Waals surface area contributed by atoms with Gasteiger partial charge in [0.2, 0.25) is 0 Å². The highest BCUT2D eigenvalue weighted by molar-refractivity contribution is 5.73. The molecule has 0 aliphatic rings. The van der Waals surface area contributed by atoms with E-state index in [4.69, 9.17) is 5.73 Å². The molecule has 2 N–H and O–H groups in total. The Kier molecular flexibility index (Phi) is 12.8. The molecular weight excluding hydrogens is 234 g/mol. The van der Waals surface area contributed by atoms with Crippen molar-refractivity contribution in [3.63, 3.8) is 0 Å². The molecule has 1 aromatic rings. The first-order valence-corrected chi connectivity index (χ1v) is 6.73. The molecule has 106 valence electrons. The summed E-state index contributed by atoms with van der Waals surface area (Å²) in [5, 5.41) is 0. The Morgan fingerprint density at radius 3 is 2.26 bits per heavy atom. The van der Waals surface area contributed by atoms with Gasteiger partial charge in [0, 0.05) is 12.4 Å². The van der Waals surface area contributed by atoms with Crippen LogP contribution in [0.25, 0.3) is 12.2 Å². The maximum atomic E-state index is 5.36.